The molecule has 0 radical (unpaired) electrons. The van der Waals surface area contributed by atoms with E-state index in [0.717, 1.165) is 11.1 Å². The third-order valence-corrected chi connectivity index (χ3v) is 3.49. The molecule has 0 saturated heterocycles. The molecule has 88 valence electrons. The summed E-state index contributed by atoms with van der Waals surface area (Å²) in [6.45, 7) is 5.99. The maximum absolute atomic E-state index is 10.8. The molecule has 0 heterocycles. The smallest absolute Gasteiger partial charge is 0.304 e. The Morgan fingerprint density at radius 1 is 1.44 bits per heavy atom. The van der Waals surface area contributed by atoms with Crippen molar-refractivity contribution in [3.05, 3.63) is 29.3 Å². The third kappa shape index (κ3) is 3.01. The van der Waals surface area contributed by atoms with Gasteiger partial charge in [0.2, 0.25) is 0 Å². The number of hydrogen-bond acceptors (Lipinski definition) is 2. The lowest BCUT2D eigenvalue weighted by Gasteiger charge is -2.25. The molecule has 0 atom stereocenters. The number of aliphatic carboxylic acids is 1. The summed E-state index contributed by atoms with van der Waals surface area (Å²) in [5.41, 5.74) is 1.97. The summed E-state index contributed by atoms with van der Waals surface area (Å²) in [5, 5.41) is 8.92. The lowest BCUT2D eigenvalue weighted by Crippen LogP contribution is -2.22. The highest BCUT2D eigenvalue weighted by Crippen LogP contribution is 2.32. The molecule has 16 heavy (non-hydrogen) atoms. The van der Waals surface area contributed by atoms with Gasteiger partial charge in [-0.3, -0.25) is 4.79 Å². The van der Waals surface area contributed by atoms with Gasteiger partial charge in [-0.15, -0.1) is 11.8 Å². The Bertz CT molecular complexity index is 397. The standard InChI is InChI=1S/C13H18O2S/c1-9-5-6-10(16-4)7-11(9)13(2,3)8-12(14)15/h5-7H,8H2,1-4H3,(H,14,15). The first-order valence-corrected chi connectivity index (χ1v) is 6.46. The topological polar surface area (TPSA) is 37.3 Å². The van der Waals surface area contributed by atoms with E-state index in [9.17, 15) is 4.79 Å². The van der Waals surface area contributed by atoms with E-state index in [1.165, 1.54) is 4.90 Å². The quantitative estimate of drug-likeness (QED) is 0.816. The molecule has 0 amide bonds. The SMILES string of the molecule is CSc1ccc(C)c(C(C)(C)CC(=O)O)c1. The van der Waals surface area contributed by atoms with Gasteiger partial charge >= 0.3 is 5.97 Å². The summed E-state index contributed by atoms with van der Waals surface area (Å²) in [6.07, 6.45) is 2.18. The third-order valence-electron chi connectivity index (χ3n) is 2.77. The molecule has 0 unspecified atom stereocenters. The van der Waals surface area contributed by atoms with Crippen LogP contribution in [0, 0.1) is 6.92 Å². The fourth-order valence-corrected chi connectivity index (χ4v) is 2.37. The fourth-order valence-electron chi connectivity index (χ4n) is 1.93. The molecule has 0 aliphatic rings. The van der Waals surface area contributed by atoms with Crippen molar-refractivity contribution in [2.24, 2.45) is 0 Å². The predicted octanol–water partition coefficient (Wildman–Crippen LogP) is 3.47. The van der Waals surface area contributed by atoms with Crippen LogP contribution in [0.1, 0.15) is 31.4 Å². The van der Waals surface area contributed by atoms with Crippen LogP contribution in [0.15, 0.2) is 23.1 Å². The molecular weight excluding hydrogens is 220 g/mol. The summed E-state index contributed by atoms with van der Waals surface area (Å²) >= 11 is 1.68. The van der Waals surface area contributed by atoms with Crippen molar-refractivity contribution in [3.63, 3.8) is 0 Å². The van der Waals surface area contributed by atoms with Crippen LogP contribution in [0.4, 0.5) is 0 Å². The van der Waals surface area contributed by atoms with Gasteiger partial charge in [0, 0.05) is 10.3 Å². The van der Waals surface area contributed by atoms with Crippen LogP contribution in [0.3, 0.4) is 0 Å². The van der Waals surface area contributed by atoms with Gasteiger partial charge in [-0.25, -0.2) is 0 Å². The Kier molecular flexibility index (Phi) is 4.03. The number of thioether (sulfide) groups is 1. The lowest BCUT2D eigenvalue weighted by molar-refractivity contribution is -0.138. The Hall–Kier alpha value is -0.960. The van der Waals surface area contributed by atoms with Crippen molar-refractivity contribution < 1.29 is 9.90 Å². The van der Waals surface area contributed by atoms with E-state index in [0.29, 0.717) is 0 Å². The van der Waals surface area contributed by atoms with E-state index in [2.05, 4.69) is 18.2 Å². The summed E-state index contributed by atoms with van der Waals surface area (Å²) in [6, 6.07) is 6.23. The fraction of sp³-hybridized carbons (Fsp3) is 0.462. The number of carbonyl (C=O) groups is 1. The number of hydrogen-bond donors (Lipinski definition) is 1. The van der Waals surface area contributed by atoms with Crippen molar-refractivity contribution in [1.82, 2.24) is 0 Å². The maximum Gasteiger partial charge on any atom is 0.304 e. The molecule has 1 aromatic carbocycles. The highest BCUT2D eigenvalue weighted by molar-refractivity contribution is 7.98. The molecule has 0 saturated carbocycles. The molecular formula is C13H18O2S. The molecule has 1 aromatic rings. The minimum Gasteiger partial charge on any atom is -0.481 e. The maximum atomic E-state index is 10.8. The predicted molar refractivity (Wildman–Crippen MR) is 68.2 cm³/mol. The number of carboxylic acid groups (broad SMARTS) is 1. The van der Waals surface area contributed by atoms with E-state index in [1.807, 2.05) is 27.0 Å². The summed E-state index contributed by atoms with van der Waals surface area (Å²) in [5.74, 6) is -0.751. The highest BCUT2D eigenvalue weighted by Gasteiger charge is 2.25. The van der Waals surface area contributed by atoms with Crippen LogP contribution in [-0.2, 0) is 10.2 Å². The van der Waals surface area contributed by atoms with E-state index >= 15 is 0 Å². The molecule has 0 aliphatic carbocycles. The van der Waals surface area contributed by atoms with Crippen molar-refractivity contribution in [2.75, 3.05) is 6.26 Å². The zero-order valence-corrected chi connectivity index (χ0v) is 11.0. The average Bonchev–Trinajstić information content (AvgIpc) is 2.16. The van der Waals surface area contributed by atoms with Crippen LogP contribution >= 0.6 is 11.8 Å². The van der Waals surface area contributed by atoms with Crippen molar-refractivity contribution >= 4 is 17.7 Å². The Labute approximate surface area is 101 Å². The van der Waals surface area contributed by atoms with Crippen molar-refractivity contribution in [1.29, 1.82) is 0 Å². The Morgan fingerprint density at radius 2 is 2.06 bits per heavy atom. The van der Waals surface area contributed by atoms with Gasteiger partial charge in [0.25, 0.3) is 0 Å². The number of aryl methyl sites for hydroxylation is 1. The van der Waals surface area contributed by atoms with Crippen molar-refractivity contribution in [2.45, 2.75) is 37.5 Å². The molecule has 0 aromatic heterocycles. The number of carboxylic acids is 1. The summed E-state index contributed by atoms with van der Waals surface area (Å²) < 4.78 is 0. The van der Waals surface area contributed by atoms with Gasteiger partial charge in [-0.1, -0.05) is 19.9 Å². The van der Waals surface area contributed by atoms with Crippen LogP contribution in [0.5, 0.6) is 0 Å². The van der Waals surface area contributed by atoms with Gasteiger partial charge in [-0.2, -0.15) is 0 Å². The van der Waals surface area contributed by atoms with Gasteiger partial charge in [0.15, 0.2) is 0 Å². The molecule has 1 N–H and O–H groups in total. The largest absolute Gasteiger partial charge is 0.481 e. The molecule has 3 heteroatoms. The van der Waals surface area contributed by atoms with Gasteiger partial charge < -0.3 is 5.11 Å². The molecule has 1 rings (SSSR count). The Morgan fingerprint density at radius 3 is 2.56 bits per heavy atom. The van der Waals surface area contributed by atoms with E-state index in [4.69, 9.17) is 5.11 Å². The molecule has 0 bridgehead atoms. The first kappa shape index (κ1) is 13.1. The second-order valence-electron chi connectivity index (χ2n) is 4.64. The second kappa shape index (κ2) is 4.91. The van der Waals surface area contributed by atoms with Crippen LogP contribution in [-0.4, -0.2) is 17.3 Å². The van der Waals surface area contributed by atoms with E-state index < -0.39 is 5.97 Å². The molecule has 2 nitrogen and oxygen atoms in total. The first-order valence-electron chi connectivity index (χ1n) is 5.24. The van der Waals surface area contributed by atoms with Gasteiger partial charge in [0.05, 0.1) is 6.42 Å². The van der Waals surface area contributed by atoms with Crippen LogP contribution in [0.2, 0.25) is 0 Å². The average molecular weight is 238 g/mol. The zero-order valence-electron chi connectivity index (χ0n) is 10.2. The van der Waals surface area contributed by atoms with Gasteiger partial charge in [-0.05, 0) is 36.4 Å². The normalized spacial score (nSPS) is 11.5. The number of rotatable bonds is 4. The Balaban J connectivity index is 3.14. The molecule has 0 spiro atoms. The van der Waals surface area contributed by atoms with E-state index in [-0.39, 0.29) is 11.8 Å². The zero-order chi connectivity index (χ0) is 12.3. The monoisotopic (exact) mass is 238 g/mol. The van der Waals surface area contributed by atoms with Crippen LogP contribution in [0.25, 0.3) is 0 Å². The summed E-state index contributed by atoms with van der Waals surface area (Å²) in [4.78, 5) is 12.0. The first-order chi connectivity index (χ1) is 7.36. The minimum atomic E-state index is -0.751. The van der Waals surface area contributed by atoms with Gasteiger partial charge in [0.1, 0.15) is 0 Å². The molecule has 0 aliphatic heterocycles. The molecule has 0 fully saturated rings. The van der Waals surface area contributed by atoms with Crippen LogP contribution < -0.4 is 0 Å². The number of benzene rings is 1. The highest BCUT2D eigenvalue weighted by atomic mass is 32.2. The minimum absolute atomic E-state index is 0.158. The lowest BCUT2D eigenvalue weighted by atomic mass is 9.79. The summed E-state index contributed by atoms with van der Waals surface area (Å²) in [7, 11) is 0. The van der Waals surface area contributed by atoms with Crippen molar-refractivity contribution in [3.8, 4) is 0 Å². The van der Waals surface area contributed by atoms with E-state index in [1.54, 1.807) is 11.8 Å². The second-order valence-corrected chi connectivity index (χ2v) is 5.51.